The van der Waals surface area contributed by atoms with Crippen LogP contribution in [-0.2, 0) is 58.9 Å². The third-order valence-electron chi connectivity index (χ3n) is 15.4. The molecule has 0 radical (unpaired) electrons. The Kier molecular flexibility index (Phi) is 25.3. The van der Waals surface area contributed by atoms with Crippen molar-refractivity contribution in [3.8, 4) is 0 Å². The molecular formula is C63H77N8O10Pd-. The SMILES string of the molecule is CC1CCCc2ccc(N)cc21.Nc1ccc2c(c1)C(N)CCC2.Nc1ccc2c(c1)C(O)CCC2.O=C1CCCc2ccc([N+](=O)[O-])cc21.O=[N+]([O-])c1ccc2c(c1)/C(=N/O)CCC2.O=[N+]([O-])c1ccc2c(c1)C(O)CCC2.[CH2-]C.[Pd]. The molecule has 4 atom stereocenters. The molecule has 82 heavy (non-hydrogen) atoms. The van der Waals surface area contributed by atoms with Gasteiger partial charge < -0.3 is 45.3 Å². The molecule has 4 unspecified atom stereocenters. The van der Waals surface area contributed by atoms with Gasteiger partial charge in [-0.2, -0.15) is 6.92 Å². The average Bonchev–Trinajstić information content (AvgIpc) is 3.50. The van der Waals surface area contributed by atoms with Gasteiger partial charge >= 0.3 is 0 Å². The molecule has 0 saturated heterocycles. The molecule has 11 N–H and O–H groups in total. The molecule has 18 nitrogen and oxygen atoms in total. The van der Waals surface area contributed by atoms with Crippen LogP contribution in [0.5, 0.6) is 0 Å². The normalized spacial score (nSPS) is 18.9. The van der Waals surface area contributed by atoms with Crippen LogP contribution in [0.3, 0.4) is 0 Å². The number of anilines is 3. The topological polar surface area (TPSA) is 324 Å². The van der Waals surface area contributed by atoms with E-state index in [0.717, 1.165) is 116 Å². The van der Waals surface area contributed by atoms with Crippen molar-refractivity contribution < 1.29 is 55.4 Å². The molecule has 0 heterocycles. The van der Waals surface area contributed by atoms with E-state index in [0.29, 0.717) is 42.0 Å². The van der Waals surface area contributed by atoms with Crippen LogP contribution in [0.2, 0.25) is 0 Å². The van der Waals surface area contributed by atoms with Gasteiger partial charge in [-0.15, -0.1) is 0 Å². The number of nitrogens with two attached hydrogens (primary N) is 4. The molecule has 0 amide bonds. The van der Waals surface area contributed by atoms with Crippen LogP contribution in [0.1, 0.15) is 187 Å². The number of aliphatic hydroxyl groups is 2. The van der Waals surface area contributed by atoms with Crippen molar-refractivity contribution >= 4 is 45.6 Å². The van der Waals surface area contributed by atoms with Gasteiger partial charge in [-0.1, -0.05) is 48.5 Å². The summed E-state index contributed by atoms with van der Waals surface area (Å²) in [6.45, 7) is 7.29. The first-order valence-corrected chi connectivity index (χ1v) is 27.9. The number of ketones is 1. The fourth-order valence-electron chi connectivity index (χ4n) is 11.2. The van der Waals surface area contributed by atoms with Gasteiger partial charge in [0.2, 0.25) is 0 Å². The van der Waals surface area contributed by atoms with Crippen molar-refractivity contribution in [3.05, 3.63) is 213 Å². The Morgan fingerprint density at radius 2 is 0.841 bits per heavy atom. The third kappa shape index (κ3) is 17.8. The van der Waals surface area contributed by atoms with E-state index in [-0.39, 0.29) is 55.4 Å². The van der Waals surface area contributed by atoms with Crippen LogP contribution in [0.4, 0.5) is 34.1 Å². The Labute approximate surface area is 493 Å². The van der Waals surface area contributed by atoms with E-state index in [4.69, 9.17) is 28.1 Å². The summed E-state index contributed by atoms with van der Waals surface area (Å²) in [5.74, 6) is 0.729. The summed E-state index contributed by atoms with van der Waals surface area (Å²) >= 11 is 0. The quantitative estimate of drug-likeness (QED) is 0.0216. The van der Waals surface area contributed by atoms with Gasteiger partial charge in [0.15, 0.2) is 5.78 Å². The number of fused-ring (bicyclic) bond motifs is 6. The van der Waals surface area contributed by atoms with Crippen LogP contribution in [-0.4, -0.2) is 41.7 Å². The van der Waals surface area contributed by atoms with Crippen LogP contribution in [0.25, 0.3) is 0 Å². The van der Waals surface area contributed by atoms with Crippen LogP contribution in [0.15, 0.2) is 114 Å². The average molecular weight is 1210 g/mol. The number of hydrogen-bond donors (Lipinski definition) is 7. The number of rotatable bonds is 3. The van der Waals surface area contributed by atoms with Crippen molar-refractivity contribution in [1.29, 1.82) is 0 Å². The van der Waals surface area contributed by atoms with Crippen molar-refractivity contribution in [3.63, 3.8) is 0 Å². The summed E-state index contributed by atoms with van der Waals surface area (Å²) < 4.78 is 0. The Morgan fingerprint density at radius 1 is 0.476 bits per heavy atom. The number of nitro groups is 3. The van der Waals surface area contributed by atoms with Crippen molar-refractivity contribution in [2.45, 2.75) is 154 Å². The van der Waals surface area contributed by atoms with E-state index in [1.165, 1.54) is 89.9 Å². The van der Waals surface area contributed by atoms with Gasteiger partial charge in [0.05, 0.1) is 32.7 Å². The molecule has 6 aliphatic rings. The van der Waals surface area contributed by atoms with Crippen LogP contribution < -0.4 is 22.9 Å². The summed E-state index contributed by atoms with van der Waals surface area (Å²) in [5, 5.41) is 62.8. The predicted octanol–water partition coefficient (Wildman–Crippen LogP) is 13.0. The third-order valence-corrected chi connectivity index (χ3v) is 15.4. The van der Waals surface area contributed by atoms with Gasteiger partial charge in [-0.05, 0) is 207 Å². The van der Waals surface area contributed by atoms with Gasteiger partial charge in [-0.25, -0.2) is 0 Å². The summed E-state index contributed by atoms with van der Waals surface area (Å²) in [6, 6.07) is 32.4. The molecule has 6 aliphatic carbocycles. The van der Waals surface area contributed by atoms with Crippen LogP contribution >= 0.6 is 0 Å². The van der Waals surface area contributed by atoms with Crippen molar-refractivity contribution in [2.75, 3.05) is 17.2 Å². The maximum Gasteiger partial charge on any atom is 0.270 e. The van der Waals surface area contributed by atoms with Gasteiger partial charge in [0, 0.05) is 97.5 Å². The van der Waals surface area contributed by atoms with E-state index in [1.807, 2.05) is 36.4 Å². The fraction of sp³-hybridized carbons (Fsp3) is 0.381. The molecule has 6 aromatic carbocycles. The smallest absolute Gasteiger partial charge is 0.270 e. The minimum absolute atomic E-state index is 0. The zero-order chi connectivity index (χ0) is 58.8. The molecule has 0 saturated carbocycles. The molecule has 0 spiro atoms. The number of carbonyl (C=O) groups excluding carboxylic acids is 1. The Bertz CT molecular complexity index is 3060. The predicted molar refractivity (Wildman–Crippen MR) is 318 cm³/mol. The molecule has 19 heteroatoms. The van der Waals surface area contributed by atoms with E-state index >= 15 is 0 Å². The number of nitrogen functional groups attached to an aromatic ring is 3. The number of nitrogens with zero attached hydrogens (tertiary/aromatic N) is 4. The number of aliphatic hydroxyl groups excluding tert-OH is 2. The maximum atomic E-state index is 11.4. The Balaban J connectivity index is 0.000000179. The van der Waals surface area contributed by atoms with Gasteiger partial charge in [-0.3, -0.25) is 35.1 Å². The maximum absolute atomic E-state index is 11.4. The van der Waals surface area contributed by atoms with Crippen molar-refractivity contribution in [1.82, 2.24) is 0 Å². The molecule has 0 aromatic heterocycles. The zero-order valence-corrected chi connectivity index (χ0v) is 48.3. The molecular weight excluding hydrogens is 1140 g/mol. The number of benzene rings is 6. The van der Waals surface area contributed by atoms with E-state index in [9.17, 15) is 45.4 Å². The second-order valence-electron chi connectivity index (χ2n) is 21.0. The monoisotopic (exact) mass is 1210 g/mol. The van der Waals surface area contributed by atoms with Gasteiger partial charge in [0.1, 0.15) is 0 Å². The molecule has 440 valence electrons. The standard InChI is InChI=1S/C11H15N.C10H10N2O3.C10H14N2.C10H11NO3.C10H9NO3.C10H13NO.C2H5.Pd/c1-8-3-2-4-9-5-6-10(12)7-11(8)9;13-11-10-3-1-2-7-4-5-8(12(14)15)6-9(7)10;11-8-5-4-7-2-1-3-10(12)9(7)6-8;2*12-10-3-1-2-7-4-5-8(11(13)14)6-9(7)10;11-8-5-4-7-2-1-3-10(12)9(7)6-8;1-2;/h5-8H,2-4,12H2,1H3;4-6,13H,1-3H2;4-6,10H,1-3,11-12H2;4-6,10,12H,1-3H2;4-6H,1-3H2;4-6,10,12H,1-3,11H2;1H2,2H3;/q;;;;;;-1;/b;11-10+;;;;;;. The molecule has 6 aromatic rings. The first-order chi connectivity index (χ1) is 38.9. The summed E-state index contributed by atoms with van der Waals surface area (Å²) in [4.78, 5) is 41.7. The molecule has 0 aliphatic heterocycles. The number of oxime groups is 1. The first kappa shape index (κ1) is 65.4. The Hall–Kier alpha value is -7.40. The molecule has 12 rings (SSSR count). The number of aryl methyl sites for hydroxylation is 6. The van der Waals surface area contributed by atoms with E-state index < -0.39 is 20.9 Å². The minimum Gasteiger partial charge on any atom is -0.411 e. The summed E-state index contributed by atoms with van der Waals surface area (Å²) in [5.41, 5.74) is 39.0. The number of non-ortho nitro benzene ring substituents is 3. The summed E-state index contributed by atoms with van der Waals surface area (Å²) in [6.07, 6.45) is 16.8. The van der Waals surface area contributed by atoms with E-state index in [1.54, 1.807) is 25.1 Å². The number of hydrogen-bond acceptors (Lipinski definition) is 15. The largest absolute Gasteiger partial charge is 0.411 e. The number of nitro benzene ring substituents is 3. The zero-order valence-electron chi connectivity index (χ0n) is 46.8. The Morgan fingerprint density at radius 3 is 1.35 bits per heavy atom. The first-order valence-electron chi connectivity index (χ1n) is 27.9. The molecule has 0 fully saturated rings. The number of carbonyl (C=O) groups is 1. The van der Waals surface area contributed by atoms with Gasteiger partial charge in [0.25, 0.3) is 17.1 Å². The van der Waals surface area contributed by atoms with Crippen LogP contribution in [0, 0.1) is 37.3 Å². The van der Waals surface area contributed by atoms with Crippen molar-refractivity contribution in [2.24, 2.45) is 10.9 Å². The van der Waals surface area contributed by atoms with E-state index in [2.05, 4.69) is 37.2 Å². The molecule has 0 bridgehead atoms. The minimum atomic E-state index is -0.529. The second-order valence-corrected chi connectivity index (χ2v) is 21.0. The summed E-state index contributed by atoms with van der Waals surface area (Å²) in [7, 11) is 0. The fourth-order valence-corrected chi connectivity index (χ4v) is 11.2. The number of Topliss-reactive ketones (excluding diaryl/α,β-unsaturated/α-hetero) is 1. The second kappa shape index (κ2) is 31.7.